The second kappa shape index (κ2) is 6.29. The molecule has 1 fully saturated rings. The van der Waals surface area contributed by atoms with Crippen LogP contribution in [0.25, 0.3) is 0 Å². The van der Waals surface area contributed by atoms with Gasteiger partial charge < -0.3 is 4.74 Å². The maximum Gasteiger partial charge on any atom is 0.324 e. The van der Waals surface area contributed by atoms with E-state index in [-0.39, 0.29) is 16.5 Å². The van der Waals surface area contributed by atoms with Gasteiger partial charge in [-0.3, -0.25) is 4.79 Å². The smallest absolute Gasteiger partial charge is 0.324 e. The van der Waals surface area contributed by atoms with Crippen LogP contribution in [0.3, 0.4) is 0 Å². The molecule has 0 saturated carbocycles. The largest absolute Gasteiger partial charge is 0.468 e. The van der Waals surface area contributed by atoms with Gasteiger partial charge in [0.2, 0.25) is 10.0 Å². The second-order valence-electron chi connectivity index (χ2n) is 4.73. The lowest BCUT2D eigenvalue weighted by Crippen LogP contribution is -2.48. The predicted molar refractivity (Wildman–Crippen MR) is 75.0 cm³/mol. The fraction of sp³-hybridized carbons (Fsp3) is 0.462. The number of piperidine rings is 1. The highest BCUT2D eigenvalue weighted by Crippen LogP contribution is 2.30. The summed E-state index contributed by atoms with van der Waals surface area (Å²) >= 11 is 5.87. The number of hydrogen-bond donors (Lipinski definition) is 0. The Morgan fingerprint density at radius 1 is 1.43 bits per heavy atom. The van der Waals surface area contributed by atoms with Crippen LogP contribution in [0.2, 0.25) is 5.02 Å². The lowest BCUT2D eigenvalue weighted by Gasteiger charge is -2.32. The Bertz CT molecular complexity index is 650. The van der Waals surface area contributed by atoms with Crippen LogP contribution >= 0.6 is 11.6 Å². The van der Waals surface area contributed by atoms with Crippen LogP contribution in [-0.4, -0.2) is 38.4 Å². The van der Waals surface area contributed by atoms with Crippen LogP contribution in [-0.2, 0) is 19.6 Å². The van der Waals surface area contributed by atoms with Crippen LogP contribution in [0, 0.1) is 5.82 Å². The average Bonchev–Trinajstić information content (AvgIpc) is 2.48. The molecule has 0 amide bonds. The van der Waals surface area contributed by atoms with Crippen LogP contribution in [0.4, 0.5) is 4.39 Å². The van der Waals surface area contributed by atoms with E-state index in [0.717, 1.165) is 22.9 Å². The molecule has 0 radical (unpaired) electrons. The summed E-state index contributed by atoms with van der Waals surface area (Å²) in [7, 11) is -2.85. The zero-order valence-corrected chi connectivity index (χ0v) is 13.0. The third-order valence-electron chi connectivity index (χ3n) is 3.41. The molecule has 0 bridgehead atoms. The van der Waals surface area contributed by atoms with Gasteiger partial charge in [0.15, 0.2) is 0 Å². The lowest BCUT2D eigenvalue weighted by molar-refractivity contribution is -0.146. The van der Waals surface area contributed by atoms with E-state index < -0.39 is 27.9 Å². The van der Waals surface area contributed by atoms with Crippen molar-refractivity contribution in [3.63, 3.8) is 0 Å². The number of carbonyl (C=O) groups is 1. The molecule has 1 aromatic carbocycles. The Morgan fingerprint density at radius 2 is 2.14 bits per heavy atom. The molecule has 1 atom stereocenters. The molecule has 0 aliphatic carbocycles. The first-order valence-corrected chi connectivity index (χ1v) is 8.24. The number of benzene rings is 1. The summed E-state index contributed by atoms with van der Waals surface area (Å²) in [5.74, 6) is -1.32. The predicted octanol–water partition coefficient (Wildman–Crippen LogP) is 2.20. The first kappa shape index (κ1) is 16.2. The fourth-order valence-corrected chi connectivity index (χ4v) is 4.50. The minimum atomic E-state index is -4.06. The standard InChI is InChI=1S/C13H15ClFNO4S/c1-20-13(17)11-4-2-3-7-16(11)21(18,19)12-8-9(15)5-6-10(12)14/h5-6,8,11H,2-4,7H2,1H3. The van der Waals surface area contributed by atoms with Gasteiger partial charge in [-0.2, -0.15) is 4.31 Å². The highest BCUT2D eigenvalue weighted by Gasteiger charge is 2.39. The highest BCUT2D eigenvalue weighted by atomic mass is 35.5. The molecule has 116 valence electrons. The Balaban J connectivity index is 2.45. The average molecular weight is 336 g/mol. The second-order valence-corrected chi connectivity index (χ2v) is 6.99. The highest BCUT2D eigenvalue weighted by molar-refractivity contribution is 7.89. The molecular weight excluding hydrogens is 321 g/mol. The Hall–Kier alpha value is -1.18. The van der Waals surface area contributed by atoms with E-state index >= 15 is 0 Å². The molecule has 21 heavy (non-hydrogen) atoms. The first-order valence-electron chi connectivity index (χ1n) is 6.42. The van der Waals surface area contributed by atoms with Crippen molar-refractivity contribution in [1.82, 2.24) is 4.31 Å². The maximum atomic E-state index is 13.3. The van der Waals surface area contributed by atoms with E-state index in [1.165, 1.54) is 13.2 Å². The van der Waals surface area contributed by atoms with Crippen molar-refractivity contribution in [2.45, 2.75) is 30.2 Å². The number of hydrogen-bond acceptors (Lipinski definition) is 4. The van der Waals surface area contributed by atoms with E-state index in [2.05, 4.69) is 4.74 Å². The van der Waals surface area contributed by atoms with Crippen molar-refractivity contribution >= 4 is 27.6 Å². The van der Waals surface area contributed by atoms with Crippen molar-refractivity contribution in [3.05, 3.63) is 29.0 Å². The van der Waals surface area contributed by atoms with E-state index in [1.54, 1.807) is 0 Å². The van der Waals surface area contributed by atoms with Gasteiger partial charge in [0.25, 0.3) is 0 Å². The van der Waals surface area contributed by atoms with Gasteiger partial charge in [0, 0.05) is 6.54 Å². The van der Waals surface area contributed by atoms with Gasteiger partial charge >= 0.3 is 5.97 Å². The third-order valence-corrected chi connectivity index (χ3v) is 5.80. The molecule has 8 heteroatoms. The zero-order chi connectivity index (χ0) is 15.6. The summed E-state index contributed by atoms with van der Waals surface area (Å²) in [4.78, 5) is 11.4. The summed E-state index contributed by atoms with van der Waals surface area (Å²) < 4.78 is 44.3. The number of esters is 1. The Kier molecular flexibility index (Phi) is 4.85. The minimum Gasteiger partial charge on any atom is -0.468 e. The molecule has 1 aliphatic rings. The van der Waals surface area contributed by atoms with Gasteiger partial charge in [-0.05, 0) is 37.5 Å². The molecule has 0 N–H and O–H groups in total. The van der Waals surface area contributed by atoms with Crippen LogP contribution in [0.15, 0.2) is 23.1 Å². The summed E-state index contributed by atoms with van der Waals surface area (Å²) in [5, 5.41) is -0.0782. The summed E-state index contributed by atoms with van der Waals surface area (Å²) in [6.45, 7) is 0.176. The van der Waals surface area contributed by atoms with E-state index in [1.807, 2.05) is 0 Å². The quantitative estimate of drug-likeness (QED) is 0.794. The molecule has 1 saturated heterocycles. The molecule has 0 aromatic heterocycles. The normalized spacial score (nSPS) is 20.2. The number of rotatable bonds is 3. The Morgan fingerprint density at radius 3 is 2.81 bits per heavy atom. The minimum absolute atomic E-state index is 0.0782. The number of methoxy groups -OCH3 is 1. The van der Waals surface area contributed by atoms with E-state index in [9.17, 15) is 17.6 Å². The number of nitrogens with zero attached hydrogens (tertiary/aromatic N) is 1. The third kappa shape index (κ3) is 3.20. The molecule has 5 nitrogen and oxygen atoms in total. The van der Waals surface area contributed by atoms with Crippen LogP contribution < -0.4 is 0 Å². The molecule has 0 spiro atoms. The lowest BCUT2D eigenvalue weighted by atomic mass is 10.1. The van der Waals surface area contributed by atoms with Gasteiger partial charge in [-0.15, -0.1) is 0 Å². The topological polar surface area (TPSA) is 63.7 Å². The SMILES string of the molecule is COC(=O)C1CCCCN1S(=O)(=O)c1cc(F)ccc1Cl. The molecule has 1 aromatic rings. The van der Waals surface area contributed by atoms with E-state index in [4.69, 9.17) is 11.6 Å². The van der Waals surface area contributed by atoms with Crippen molar-refractivity contribution < 1.29 is 22.3 Å². The molecule has 1 unspecified atom stereocenters. The van der Waals surface area contributed by atoms with Crippen molar-refractivity contribution in [1.29, 1.82) is 0 Å². The first-order chi connectivity index (χ1) is 9.87. The molecule has 2 rings (SSSR count). The summed E-state index contributed by atoms with van der Waals surface area (Å²) in [5.41, 5.74) is 0. The number of carbonyl (C=O) groups excluding carboxylic acids is 1. The molecular formula is C13H15ClFNO4S. The van der Waals surface area contributed by atoms with E-state index in [0.29, 0.717) is 12.8 Å². The van der Waals surface area contributed by atoms with Gasteiger partial charge in [-0.1, -0.05) is 11.6 Å². The fourth-order valence-electron chi connectivity index (χ4n) is 2.37. The Labute approximate surface area is 127 Å². The number of halogens is 2. The van der Waals surface area contributed by atoms with Crippen molar-refractivity contribution in [2.75, 3.05) is 13.7 Å². The molecule has 1 heterocycles. The molecule has 1 aliphatic heterocycles. The maximum absolute atomic E-state index is 13.3. The number of sulfonamides is 1. The monoisotopic (exact) mass is 335 g/mol. The van der Waals surface area contributed by atoms with Gasteiger partial charge in [0.05, 0.1) is 12.1 Å². The van der Waals surface area contributed by atoms with Gasteiger partial charge in [0.1, 0.15) is 16.8 Å². The number of ether oxygens (including phenoxy) is 1. The zero-order valence-electron chi connectivity index (χ0n) is 11.4. The van der Waals surface area contributed by atoms with Crippen molar-refractivity contribution in [2.24, 2.45) is 0 Å². The van der Waals surface area contributed by atoms with Gasteiger partial charge in [-0.25, -0.2) is 12.8 Å². The van der Waals surface area contributed by atoms with Crippen LogP contribution in [0.1, 0.15) is 19.3 Å². The summed E-state index contributed by atoms with van der Waals surface area (Å²) in [6, 6.07) is 2.23. The van der Waals surface area contributed by atoms with Crippen molar-refractivity contribution in [3.8, 4) is 0 Å². The summed E-state index contributed by atoms with van der Waals surface area (Å²) in [6.07, 6.45) is 1.72. The van der Waals surface area contributed by atoms with Crippen LogP contribution in [0.5, 0.6) is 0 Å².